The molecule has 0 aliphatic heterocycles. The summed E-state index contributed by atoms with van der Waals surface area (Å²) in [5.41, 5.74) is -0.734. The molecule has 0 bridgehead atoms. The van der Waals surface area contributed by atoms with Crippen molar-refractivity contribution >= 4 is 44.8 Å². The van der Waals surface area contributed by atoms with E-state index in [9.17, 15) is 19.3 Å². The third kappa shape index (κ3) is 3.34. The van der Waals surface area contributed by atoms with Crippen molar-refractivity contribution in [3.63, 3.8) is 0 Å². The van der Waals surface area contributed by atoms with Gasteiger partial charge in [-0.15, -0.1) is 0 Å². The second kappa shape index (κ2) is 6.15. The zero-order chi connectivity index (χ0) is 15.6. The summed E-state index contributed by atoms with van der Waals surface area (Å²) in [5.74, 6) is -1.35. The topological polar surface area (TPSA) is 85.1 Å². The lowest BCUT2D eigenvalue weighted by atomic mass is 10.2. The van der Waals surface area contributed by atoms with Crippen LogP contribution in [0.25, 0.3) is 0 Å². The van der Waals surface area contributed by atoms with Gasteiger partial charge >= 0.3 is 5.69 Å². The van der Waals surface area contributed by atoms with Gasteiger partial charge in [0.2, 0.25) is 5.15 Å². The fourth-order valence-electron chi connectivity index (χ4n) is 1.57. The zero-order valence-corrected chi connectivity index (χ0v) is 12.5. The predicted octanol–water partition coefficient (Wildman–Crippen LogP) is 3.80. The molecule has 1 heterocycles. The molecule has 0 atom stereocenters. The van der Waals surface area contributed by atoms with E-state index in [1.165, 1.54) is 18.3 Å². The molecule has 1 aromatic heterocycles. The molecule has 0 radical (unpaired) electrons. The second-order valence-electron chi connectivity index (χ2n) is 3.83. The first-order valence-corrected chi connectivity index (χ1v) is 6.62. The van der Waals surface area contributed by atoms with Crippen molar-refractivity contribution in [3.8, 4) is 0 Å². The third-order valence-corrected chi connectivity index (χ3v) is 3.45. The first-order chi connectivity index (χ1) is 9.90. The average Bonchev–Trinajstić information content (AvgIpc) is 2.42. The molecule has 6 nitrogen and oxygen atoms in total. The highest BCUT2D eigenvalue weighted by atomic mass is 79.9. The van der Waals surface area contributed by atoms with E-state index < -0.39 is 27.5 Å². The van der Waals surface area contributed by atoms with Gasteiger partial charge in [-0.3, -0.25) is 14.9 Å². The minimum Gasteiger partial charge on any atom is -0.321 e. The van der Waals surface area contributed by atoms with Crippen LogP contribution in [0.5, 0.6) is 0 Å². The molecule has 108 valence electrons. The molecular weight excluding hydrogens is 369 g/mol. The number of anilines is 1. The van der Waals surface area contributed by atoms with Gasteiger partial charge in [-0.05, 0) is 40.2 Å². The molecule has 0 saturated heterocycles. The second-order valence-corrected chi connectivity index (χ2v) is 5.05. The maximum Gasteiger partial charge on any atom is 0.319 e. The van der Waals surface area contributed by atoms with Gasteiger partial charge in [-0.2, -0.15) is 0 Å². The summed E-state index contributed by atoms with van der Waals surface area (Å²) >= 11 is 8.77. The van der Waals surface area contributed by atoms with Crippen molar-refractivity contribution in [1.29, 1.82) is 0 Å². The number of nitro groups is 1. The van der Waals surface area contributed by atoms with Crippen LogP contribution in [0.4, 0.5) is 15.8 Å². The summed E-state index contributed by atoms with van der Waals surface area (Å²) in [7, 11) is 0. The molecule has 0 aliphatic carbocycles. The van der Waals surface area contributed by atoms with Crippen molar-refractivity contribution in [3.05, 3.63) is 61.6 Å². The molecule has 0 fully saturated rings. The quantitative estimate of drug-likeness (QED) is 0.503. The standard InChI is InChI=1S/C12H6BrClFN3O3/c13-8-2-1-6(15)5-9(8)17-12(19)7-3-4-16-11(14)10(7)18(20)21/h1-5H,(H,17,19). The van der Waals surface area contributed by atoms with E-state index >= 15 is 0 Å². The molecule has 2 rings (SSSR count). The Hall–Kier alpha value is -2.06. The lowest BCUT2D eigenvalue weighted by Gasteiger charge is -2.08. The normalized spacial score (nSPS) is 10.2. The van der Waals surface area contributed by atoms with E-state index in [2.05, 4.69) is 26.2 Å². The molecule has 0 saturated carbocycles. The van der Waals surface area contributed by atoms with Crippen LogP contribution in [0, 0.1) is 15.9 Å². The summed E-state index contributed by atoms with van der Waals surface area (Å²) in [5, 5.41) is 12.9. The summed E-state index contributed by atoms with van der Waals surface area (Å²) < 4.78 is 13.6. The van der Waals surface area contributed by atoms with Gasteiger partial charge < -0.3 is 5.32 Å². The monoisotopic (exact) mass is 373 g/mol. The number of pyridine rings is 1. The Morgan fingerprint density at radius 1 is 1.43 bits per heavy atom. The number of benzene rings is 1. The number of rotatable bonds is 3. The van der Waals surface area contributed by atoms with Gasteiger partial charge in [-0.25, -0.2) is 9.37 Å². The number of carbonyl (C=O) groups is 1. The third-order valence-electron chi connectivity index (χ3n) is 2.48. The maximum absolute atomic E-state index is 13.2. The summed E-state index contributed by atoms with van der Waals surface area (Å²) in [6.07, 6.45) is 1.17. The predicted molar refractivity (Wildman–Crippen MR) is 78.0 cm³/mol. The maximum atomic E-state index is 13.2. The van der Waals surface area contributed by atoms with Gasteiger partial charge in [0, 0.05) is 10.7 Å². The summed E-state index contributed by atoms with van der Waals surface area (Å²) in [6.45, 7) is 0. The van der Waals surface area contributed by atoms with E-state index in [1.54, 1.807) is 0 Å². The molecule has 21 heavy (non-hydrogen) atoms. The Bertz CT molecular complexity index is 742. The number of hydrogen-bond acceptors (Lipinski definition) is 4. The fourth-order valence-corrected chi connectivity index (χ4v) is 2.14. The molecular formula is C12H6BrClFN3O3. The van der Waals surface area contributed by atoms with Crippen molar-refractivity contribution < 1.29 is 14.1 Å². The van der Waals surface area contributed by atoms with E-state index in [-0.39, 0.29) is 11.3 Å². The largest absolute Gasteiger partial charge is 0.321 e. The SMILES string of the molecule is O=C(Nc1cc(F)ccc1Br)c1ccnc(Cl)c1[N+](=O)[O-]. The minimum absolute atomic E-state index is 0.141. The average molecular weight is 375 g/mol. The van der Waals surface area contributed by atoms with Crippen LogP contribution in [-0.4, -0.2) is 15.8 Å². The van der Waals surface area contributed by atoms with Crippen molar-refractivity contribution in [2.24, 2.45) is 0 Å². The van der Waals surface area contributed by atoms with Crippen LogP contribution in [0.2, 0.25) is 5.15 Å². The Morgan fingerprint density at radius 3 is 2.81 bits per heavy atom. The number of aromatic nitrogens is 1. The van der Waals surface area contributed by atoms with Gasteiger partial charge in [0.1, 0.15) is 11.4 Å². The number of hydrogen-bond donors (Lipinski definition) is 1. The first-order valence-electron chi connectivity index (χ1n) is 5.45. The highest BCUT2D eigenvalue weighted by molar-refractivity contribution is 9.10. The molecule has 0 unspecified atom stereocenters. The Labute approximate surface area is 131 Å². The minimum atomic E-state index is -0.801. The van der Waals surface area contributed by atoms with Gasteiger partial charge in [-0.1, -0.05) is 11.6 Å². The van der Waals surface area contributed by atoms with E-state index in [0.29, 0.717) is 4.47 Å². The van der Waals surface area contributed by atoms with Crippen LogP contribution in [-0.2, 0) is 0 Å². The fraction of sp³-hybridized carbons (Fsp3) is 0. The summed E-state index contributed by atoms with van der Waals surface area (Å²) in [6, 6.07) is 4.84. The smallest absolute Gasteiger partial charge is 0.319 e. The molecule has 2 aromatic rings. The van der Waals surface area contributed by atoms with Gasteiger partial charge in [0.25, 0.3) is 5.91 Å². The Morgan fingerprint density at radius 2 is 2.14 bits per heavy atom. The number of carbonyl (C=O) groups excluding carboxylic acids is 1. The van der Waals surface area contributed by atoms with E-state index in [1.807, 2.05) is 0 Å². The molecule has 1 N–H and O–H groups in total. The highest BCUT2D eigenvalue weighted by Crippen LogP contribution is 2.28. The molecule has 1 aromatic carbocycles. The number of amides is 1. The summed E-state index contributed by atoms with van der Waals surface area (Å²) in [4.78, 5) is 25.8. The zero-order valence-electron chi connectivity index (χ0n) is 10.1. The molecule has 0 spiro atoms. The Kier molecular flexibility index (Phi) is 4.49. The van der Waals surface area contributed by atoms with Crippen molar-refractivity contribution in [1.82, 2.24) is 4.98 Å². The van der Waals surface area contributed by atoms with Gasteiger partial charge in [0.15, 0.2) is 0 Å². The van der Waals surface area contributed by atoms with E-state index in [0.717, 1.165) is 12.1 Å². The number of halogens is 3. The molecule has 0 aliphatic rings. The molecule has 1 amide bonds. The van der Waals surface area contributed by atoms with Crippen LogP contribution in [0.3, 0.4) is 0 Å². The molecule has 9 heteroatoms. The van der Waals surface area contributed by atoms with Crippen molar-refractivity contribution in [2.75, 3.05) is 5.32 Å². The van der Waals surface area contributed by atoms with Crippen LogP contribution < -0.4 is 5.32 Å². The lowest BCUT2D eigenvalue weighted by Crippen LogP contribution is -2.15. The van der Waals surface area contributed by atoms with Crippen molar-refractivity contribution in [2.45, 2.75) is 0 Å². The lowest BCUT2D eigenvalue weighted by molar-refractivity contribution is -0.385. The number of nitrogens with zero attached hydrogens (tertiary/aromatic N) is 2. The number of nitrogens with one attached hydrogen (secondary N) is 1. The van der Waals surface area contributed by atoms with Crippen LogP contribution in [0.15, 0.2) is 34.9 Å². The van der Waals surface area contributed by atoms with E-state index in [4.69, 9.17) is 11.6 Å². The first kappa shape index (κ1) is 15.3. The Balaban J connectivity index is 2.40. The van der Waals surface area contributed by atoms with Crippen LogP contribution >= 0.6 is 27.5 Å². The van der Waals surface area contributed by atoms with Crippen LogP contribution in [0.1, 0.15) is 10.4 Å². The van der Waals surface area contributed by atoms with Gasteiger partial charge in [0.05, 0.1) is 10.6 Å². The highest BCUT2D eigenvalue weighted by Gasteiger charge is 2.25.